The maximum atomic E-state index is 12.5. The van der Waals surface area contributed by atoms with E-state index < -0.39 is 0 Å². The second kappa shape index (κ2) is 6.82. The summed E-state index contributed by atoms with van der Waals surface area (Å²) in [6.07, 6.45) is 4.58. The molecule has 21 heavy (non-hydrogen) atoms. The van der Waals surface area contributed by atoms with Gasteiger partial charge in [0, 0.05) is 17.4 Å². The zero-order valence-corrected chi connectivity index (χ0v) is 13.8. The minimum absolute atomic E-state index is 0.0567. The second-order valence-electron chi connectivity index (χ2n) is 6.08. The molecule has 3 rings (SSSR count). The van der Waals surface area contributed by atoms with Gasteiger partial charge in [0.15, 0.2) is 0 Å². The first kappa shape index (κ1) is 14.9. The molecule has 0 saturated heterocycles. The lowest BCUT2D eigenvalue weighted by molar-refractivity contribution is -0.123. The molecule has 3 atom stereocenters. The average Bonchev–Trinajstić information content (AvgIpc) is 2.99. The van der Waals surface area contributed by atoms with Crippen LogP contribution in [0.2, 0.25) is 0 Å². The third kappa shape index (κ3) is 3.25. The summed E-state index contributed by atoms with van der Waals surface area (Å²) in [6, 6.07) is 7.89. The molecule has 0 radical (unpaired) electrons. The summed E-state index contributed by atoms with van der Waals surface area (Å²) in [5, 5.41) is 4.23. The first-order valence-electron chi connectivity index (χ1n) is 7.85. The van der Waals surface area contributed by atoms with Crippen LogP contribution in [0.3, 0.4) is 0 Å². The molecule has 0 spiro atoms. The quantitative estimate of drug-likeness (QED) is 0.843. The van der Waals surface area contributed by atoms with Crippen LogP contribution in [0.1, 0.15) is 37.2 Å². The number of rotatable bonds is 4. The maximum Gasteiger partial charge on any atom is 0.227 e. The first-order chi connectivity index (χ1) is 10.3. The van der Waals surface area contributed by atoms with Crippen LogP contribution in [0, 0.1) is 11.8 Å². The highest BCUT2D eigenvalue weighted by atomic mass is 79.9. The molecule has 0 bridgehead atoms. The van der Waals surface area contributed by atoms with Crippen molar-refractivity contribution in [2.75, 3.05) is 18.5 Å². The number of hydrogen-bond donors (Lipinski definition) is 1. The largest absolute Gasteiger partial charge is 0.493 e. The van der Waals surface area contributed by atoms with Gasteiger partial charge in [-0.2, -0.15) is 0 Å². The Labute approximate surface area is 134 Å². The molecule has 1 aliphatic heterocycles. The van der Waals surface area contributed by atoms with Crippen LogP contribution in [0.4, 0.5) is 0 Å². The summed E-state index contributed by atoms with van der Waals surface area (Å²) in [7, 11) is 0. The molecule has 0 aromatic heterocycles. The minimum Gasteiger partial charge on any atom is -0.493 e. The molecule has 1 saturated carbocycles. The van der Waals surface area contributed by atoms with E-state index in [1.54, 1.807) is 0 Å². The third-order valence-electron chi connectivity index (χ3n) is 4.83. The molecule has 1 heterocycles. The average molecular weight is 352 g/mol. The van der Waals surface area contributed by atoms with Gasteiger partial charge in [-0.05, 0) is 37.2 Å². The molecule has 1 amide bonds. The van der Waals surface area contributed by atoms with Gasteiger partial charge in [-0.15, -0.1) is 0 Å². The molecule has 3 unspecified atom stereocenters. The number of benzene rings is 1. The van der Waals surface area contributed by atoms with E-state index in [4.69, 9.17) is 4.74 Å². The van der Waals surface area contributed by atoms with Gasteiger partial charge in [0.25, 0.3) is 0 Å². The molecule has 1 aromatic carbocycles. The van der Waals surface area contributed by atoms with Crippen molar-refractivity contribution in [1.82, 2.24) is 5.32 Å². The highest BCUT2D eigenvalue weighted by Crippen LogP contribution is 2.35. The number of carbonyl (C=O) groups excluding carboxylic acids is 1. The lowest BCUT2D eigenvalue weighted by Gasteiger charge is -2.26. The minimum atomic E-state index is -0.0567. The summed E-state index contributed by atoms with van der Waals surface area (Å²) < 4.78 is 5.63. The first-order valence-corrected chi connectivity index (χ1v) is 8.97. The van der Waals surface area contributed by atoms with E-state index in [1.165, 1.54) is 19.3 Å². The van der Waals surface area contributed by atoms with Crippen molar-refractivity contribution in [3.05, 3.63) is 29.8 Å². The molecule has 4 heteroatoms. The molecular formula is C17H22BrNO2. The van der Waals surface area contributed by atoms with Crippen LogP contribution in [0.5, 0.6) is 5.75 Å². The summed E-state index contributed by atoms with van der Waals surface area (Å²) in [5.41, 5.74) is 1.03. The van der Waals surface area contributed by atoms with Crippen molar-refractivity contribution in [3.63, 3.8) is 0 Å². The van der Waals surface area contributed by atoms with Gasteiger partial charge in [0.1, 0.15) is 5.75 Å². The Kier molecular flexibility index (Phi) is 4.84. The number of para-hydroxylation sites is 1. The number of carbonyl (C=O) groups is 1. The van der Waals surface area contributed by atoms with E-state index in [0.717, 1.165) is 29.6 Å². The molecule has 3 nitrogen and oxygen atoms in total. The predicted molar refractivity (Wildman–Crippen MR) is 86.9 cm³/mol. The SMILES string of the molecule is O=C(NCC1CCCC1CBr)C1CCOc2ccccc21. The number of hydrogen-bond acceptors (Lipinski definition) is 2. The summed E-state index contributed by atoms with van der Waals surface area (Å²) in [6.45, 7) is 1.44. The number of nitrogens with one attached hydrogen (secondary N) is 1. The summed E-state index contributed by atoms with van der Waals surface area (Å²) in [4.78, 5) is 12.5. The number of fused-ring (bicyclic) bond motifs is 1. The van der Waals surface area contributed by atoms with E-state index in [2.05, 4.69) is 21.2 Å². The van der Waals surface area contributed by atoms with Crippen molar-refractivity contribution in [3.8, 4) is 5.75 Å². The van der Waals surface area contributed by atoms with Crippen molar-refractivity contribution in [2.24, 2.45) is 11.8 Å². The van der Waals surface area contributed by atoms with Crippen LogP contribution in [0.15, 0.2) is 24.3 Å². The Hall–Kier alpha value is -1.03. The smallest absolute Gasteiger partial charge is 0.227 e. The molecule has 1 N–H and O–H groups in total. The van der Waals surface area contributed by atoms with Crippen LogP contribution in [-0.4, -0.2) is 24.4 Å². The Morgan fingerprint density at radius 2 is 2.05 bits per heavy atom. The van der Waals surface area contributed by atoms with Gasteiger partial charge in [-0.1, -0.05) is 40.5 Å². The Balaban J connectivity index is 1.61. The molecule has 1 aromatic rings. The zero-order valence-electron chi connectivity index (χ0n) is 12.2. The topological polar surface area (TPSA) is 38.3 Å². The summed E-state index contributed by atoms with van der Waals surface area (Å²) in [5.74, 6) is 2.31. The Morgan fingerprint density at radius 3 is 2.90 bits per heavy atom. The van der Waals surface area contributed by atoms with Gasteiger partial charge in [-0.3, -0.25) is 4.79 Å². The number of alkyl halides is 1. The molecule has 1 aliphatic carbocycles. The fourth-order valence-corrected chi connectivity index (χ4v) is 4.41. The highest BCUT2D eigenvalue weighted by Gasteiger charge is 2.30. The highest BCUT2D eigenvalue weighted by molar-refractivity contribution is 9.09. The van der Waals surface area contributed by atoms with Gasteiger partial charge in [0.2, 0.25) is 5.91 Å². The van der Waals surface area contributed by atoms with Crippen LogP contribution >= 0.6 is 15.9 Å². The fourth-order valence-electron chi connectivity index (χ4n) is 3.55. The monoisotopic (exact) mass is 351 g/mol. The number of ether oxygens (including phenoxy) is 1. The molecule has 1 fully saturated rings. The zero-order chi connectivity index (χ0) is 14.7. The van der Waals surface area contributed by atoms with Crippen LogP contribution in [0.25, 0.3) is 0 Å². The van der Waals surface area contributed by atoms with Crippen molar-refractivity contribution in [1.29, 1.82) is 0 Å². The Morgan fingerprint density at radius 1 is 1.24 bits per heavy atom. The predicted octanol–water partition coefficient (Wildman–Crippen LogP) is 3.48. The van der Waals surface area contributed by atoms with Crippen LogP contribution in [-0.2, 0) is 4.79 Å². The summed E-state index contributed by atoms with van der Waals surface area (Å²) >= 11 is 3.59. The number of halogens is 1. The van der Waals surface area contributed by atoms with Gasteiger partial charge in [0.05, 0.1) is 12.5 Å². The van der Waals surface area contributed by atoms with Gasteiger partial charge >= 0.3 is 0 Å². The van der Waals surface area contributed by atoms with E-state index in [-0.39, 0.29) is 11.8 Å². The fraction of sp³-hybridized carbons (Fsp3) is 0.588. The lowest BCUT2D eigenvalue weighted by atomic mass is 9.91. The van der Waals surface area contributed by atoms with Crippen molar-refractivity contribution >= 4 is 21.8 Å². The van der Waals surface area contributed by atoms with E-state index in [0.29, 0.717) is 18.4 Å². The lowest BCUT2D eigenvalue weighted by Crippen LogP contribution is -2.36. The molecule has 114 valence electrons. The third-order valence-corrected chi connectivity index (χ3v) is 5.66. The Bertz CT molecular complexity index is 505. The van der Waals surface area contributed by atoms with Crippen LogP contribution < -0.4 is 10.1 Å². The van der Waals surface area contributed by atoms with Crippen molar-refractivity contribution < 1.29 is 9.53 Å². The van der Waals surface area contributed by atoms with E-state index >= 15 is 0 Å². The van der Waals surface area contributed by atoms with E-state index in [1.807, 2.05) is 24.3 Å². The molecular weight excluding hydrogens is 330 g/mol. The second-order valence-corrected chi connectivity index (χ2v) is 6.73. The van der Waals surface area contributed by atoms with Gasteiger partial charge < -0.3 is 10.1 Å². The normalized spacial score (nSPS) is 27.8. The maximum absolute atomic E-state index is 12.5. The van der Waals surface area contributed by atoms with Gasteiger partial charge in [-0.25, -0.2) is 0 Å². The standard InChI is InChI=1S/C17H22BrNO2/c18-10-12-4-3-5-13(12)11-19-17(20)15-8-9-21-16-7-2-1-6-14(15)16/h1-2,6-7,12-13,15H,3-5,8-11H2,(H,19,20). The number of amides is 1. The molecule has 2 aliphatic rings. The van der Waals surface area contributed by atoms with E-state index in [9.17, 15) is 4.79 Å². The van der Waals surface area contributed by atoms with Crippen molar-refractivity contribution in [2.45, 2.75) is 31.6 Å².